The second kappa shape index (κ2) is 7.22. The van der Waals surface area contributed by atoms with Crippen molar-refractivity contribution in [3.63, 3.8) is 0 Å². The van der Waals surface area contributed by atoms with Gasteiger partial charge in [-0.25, -0.2) is 9.67 Å². The summed E-state index contributed by atoms with van der Waals surface area (Å²) in [5, 5.41) is 4.16. The lowest BCUT2D eigenvalue weighted by atomic mass is 10.00. The van der Waals surface area contributed by atoms with Crippen molar-refractivity contribution in [2.75, 3.05) is 13.2 Å². The quantitative estimate of drug-likeness (QED) is 0.897. The van der Waals surface area contributed by atoms with Crippen molar-refractivity contribution in [3.8, 4) is 11.4 Å². The first kappa shape index (κ1) is 18.6. The molecule has 0 saturated carbocycles. The summed E-state index contributed by atoms with van der Waals surface area (Å²) < 4.78 is 45.3. The highest BCUT2D eigenvalue weighted by Gasteiger charge is 2.32. The van der Waals surface area contributed by atoms with Gasteiger partial charge in [0, 0.05) is 36.5 Å². The molecule has 0 bridgehead atoms. The van der Waals surface area contributed by atoms with Crippen molar-refractivity contribution in [1.29, 1.82) is 0 Å². The number of alkyl halides is 3. The maximum Gasteiger partial charge on any atom is 0.408 e. The zero-order valence-electron chi connectivity index (χ0n) is 14.6. The van der Waals surface area contributed by atoms with Gasteiger partial charge in [0.25, 0.3) is 0 Å². The molecule has 26 heavy (non-hydrogen) atoms. The van der Waals surface area contributed by atoms with E-state index >= 15 is 0 Å². The normalized spacial score (nSPS) is 16.4. The largest absolute Gasteiger partial charge is 0.408 e. The van der Waals surface area contributed by atoms with E-state index < -0.39 is 12.7 Å². The first-order chi connectivity index (χ1) is 12.2. The van der Waals surface area contributed by atoms with Crippen LogP contribution in [0.25, 0.3) is 11.4 Å². The smallest absolute Gasteiger partial charge is 0.381 e. The van der Waals surface area contributed by atoms with Gasteiger partial charge < -0.3 is 9.72 Å². The third-order valence-electron chi connectivity index (χ3n) is 4.37. The highest BCUT2D eigenvalue weighted by atomic mass is 19.4. The first-order valence-electron chi connectivity index (χ1n) is 8.57. The SMILES string of the molecule is CC(C)c1[nH]c(=O)ccc1-c1nc(C2CCOCC2)nn1CC(F)(F)F. The average molecular weight is 370 g/mol. The maximum atomic E-state index is 13.0. The predicted molar refractivity (Wildman–Crippen MR) is 89.0 cm³/mol. The van der Waals surface area contributed by atoms with Crippen LogP contribution in [0.4, 0.5) is 13.2 Å². The van der Waals surface area contributed by atoms with Crippen molar-refractivity contribution in [3.05, 3.63) is 34.0 Å². The molecule has 6 nitrogen and oxygen atoms in total. The fraction of sp³-hybridized carbons (Fsp3) is 0.588. The van der Waals surface area contributed by atoms with Crippen molar-refractivity contribution in [1.82, 2.24) is 19.7 Å². The van der Waals surface area contributed by atoms with E-state index in [9.17, 15) is 18.0 Å². The Kier molecular flexibility index (Phi) is 5.17. The van der Waals surface area contributed by atoms with E-state index in [-0.39, 0.29) is 23.2 Å². The molecule has 2 aromatic heterocycles. The minimum absolute atomic E-state index is 0.0257. The molecular weight excluding hydrogens is 349 g/mol. The van der Waals surface area contributed by atoms with E-state index in [0.717, 1.165) is 4.68 Å². The van der Waals surface area contributed by atoms with E-state index in [0.29, 0.717) is 43.1 Å². The Labute approximate surface area is 148 Å². The third-order valence-corrected chi connectivity index (χ3v) is 4.37. The van der Waals surface area contributed by atoms with E-state index in [4.69, 9.17) is 4.74 Å². The standard InChI is InChI=1S/C17H21F3N4O2/c1-10(2)14-12(3-4-13(25)21-14)16-22-15(11-5-7-26-8-6-11)23-24(16)9-17(18,19)20/h3-4,10-11H,5-9H2,1-2H3,(H,21,25). The molecule has 0 atom stereocenters. The van der Waals surface area contributed by atoms with E-state index in [1.807, 2.05) is 13.8 Å². The van der Waals surface area contributed by atoms with Gasteiger partial charge in [-0.3, -0.25) is 4.79 Å². The molecule has 1 N–H and O–H groups in total. The van der Waals surface area contributed by atoms with Crippen LogP contribution in [0.15, 0.2) is 16.9 Å². The van der Waals surface area contributed by atoms with Crippen LogP contribution in [0.3, 0.4) is 0 Å². The predicted octanol–water partition coefficient (Wildman–Crippen LogP) is 3.21. The summed E-state index contributed by atoms with van der Waals surface area (Å²) in [6, 6.07) is 2.81. The highest BCUT2D eigenvalue weighted by molar-refractivity contribution is 5.59. The number of H-pyrrole nitrogens is 1. The molecule has 9 heteroatoms. The topological polar surface area (TPSA) is 72.8 Å². The number of nitrogens with zero attached hydrogens (tertiary/aromatic N) is 3. The molecule has 0 spiro atoms. The minimum Gasteiger partial charge on any atom is -0.381 e. The van der Waals surface area contributed by atoms with Gasteiger partial charge in [-0.05, 0) is 24.8 Å². The molecule has 0 amide bonds. The van der Waals surface area contributed by atoms with Gasteiger partial charge in [0.2, 0.25) is 5.56 Å². The number of nitrogens with one attached hydrogen (secondary N) is 1. The van der Waals surface area contributed by atoms with Crippen LogP contribution >= 0.6 is 0 Å². The summed E-state index contributed by atoms with van der Waals surface area (Å²) >= 11 is 0. The number of hydrogen-bond acceptors (Lipinski definition) is 4. The van der Waals surface area contributed by atoms with Gasteiger partial charge in [-0.1, -0.05) is 13.8 Å². The van der Waals surface area contributed by atoms with Crippen molar-refractivity contribution >= 4 is 0 Å². The Hall–Kier alpha value is -2.16. The Morgan fingerprint density at radius 3 is 2.62 bits per heavy atom. The number of halogens is 3. The zero-order chi connectivity index (χ0) is 18.9. The molecule has 3 heterocycles. The van der Waals surface area contributed by atoms with Gasteiger partial charge in [0.05, 0.1) is 0 Å². The fourth-order valence-electron chi connectivity index (χ4n) is 3.11. The highest BCUT2D eigenvalue weighted by Crippen LogP contribution is 2.31. The third kappa shape index (κ3) is 4.14. The van der Waals surface area contributed by atoms with Crippen LogP contribution in [0.2, 0.25) is 0 Å². The Balaban J connectivity index is 2.10. The van der Waals surface area contributed by atoms with Crippen molar-refractivity contribution in [2.24, 2.45) is 0 Å². The van der Waals surface area contributed by atoms with Crippen LogP contribution in [0.1, 0.15) is 50.0 Å². The van der Waals surface area contributed by atoms with Crippen LogP contribution in [0.5, 0.6) is 0 Å². The Morgan fingerprint density at radius 2 is 2.00 bits per heavy atom. The van der Waals surface area contributed by atoms with E-state index in [2.05, 4.69) is 15.1 Å². The molecule has 0 radical (unpaired) electrons. The average Bonchev–Trinajstić information content (AvgIpc) is 2.97. The molecular formula is C17H21F3N4O2. The Bertz CT molecular complexity index is 820. The van der Waals surface area contributed by atoms with E-state index in [1.165, 1.54) is 12.1 Å². The molecule has 1 fully saturated rings. The summed E-state index contributed by atoms with van der Waals surface area (Å²) in [5.41, 5.74) is 0.713. The molecule has 1 aliphatic heterocycles. The molecule has 0 aromatic carbocycles. The number of aromatic amines is 1. The summed E-state index contributed by atoms with van der Waals surface area (Å²) in [6.07, 6.45) is -3.06. The molecule has 142 valence electrons. The summed E-state index contributed by atoms with van der Waals surface area (Å²) in [4.78, 5) is 18.8. The number of rotatable bonds is 4. The van der Waals surface area contributed by atoms with Crippen LogP contribution in [-0.4, -0.2) is 39.1 Å². The summed E-state index contributed by atoms with van der Waals surface area (Å²) in [5.74, 6) is 0.418. The first-order valence-corrected chi connectivity index (χ1v) is 8.57. The number of pyridine rings is 1. The Morgan fingerprint density at radius 1 is 1.31 bits per heavy atom. The second-order valence-electron chi connectivity index (χ2n) is 6.76. The van der Waals surface area contributed by atoms with Crippen molar-refractivity contribution in [2.45, 2.75) is 51.2 Å². The monoisotopic (exact) mass is 370 g/mol. The summed E-state index contributed by atoms with van der Waals surface area (Å²) in [7, 11) is 0. The van der Waals surface area contributed by atoms with Crippen molar-refractivity contribution < 1.29 is 17.9 Å². The second-order valence-corrected chi connectivity index (χ2v) is 6.76. The molecule has 1 saturated heterocycles. The van der Waals surface area contributed by atoms with Gasteiger partial charge in [0.1, 0.15) is 6.54 Å². The molecule has 3 rings (SSSR count). The number of aromatic nitrogens is 4. The minimum atomic E-state index is -4.42. The fourth-order valence-corrected chi connectivity index (χ4v) is 3.11. The van der Waals surface area contributed by atoms with Crippen LogP contribution in [-0.2, 0) is 11.3 Å². The molecule has 0 aliphatic carbocycles. The number of hydrogen-bond donors (Lipinski definition) is 1. The van der Waals surface area contributed by atoms with Crippen LogP contribution < -0.4 is 5.56 Å². The van der Waals surface area contributed by atoms with Gasteiger partial charge in [-0.15, -0.1) is 0 Å². The maximum absolute atomic E-state index is 13.0. The van der Waals surface area contributed by atoms with E-state index in [1.54, 1.807) is 0 Å². The lowest BCUT2D eigenvalue weighted by Gasteiger charge is -2.18. The summed E-state index contributed by atoms with van der Waals surface area (Å²) in [6.45, 7) is 3.58. The van der Waals surface area contributed by atoms with Gasteiger partial charge >= 0.3 is 6.18 Å². The lowest BCUT2D eigenvalue weighted by Crippen LogP contribution is -2.21. The van der Waals surface area contributed by atoms with Crippen LogP contribution in [0, 0.1) is 0 Å². The number of ether oxygens (including phenoxy) is 1. The molecule has 1 aliphatic rings. The van der Waals surface area contributed by atoms with Gasteiger partial charge in [-0.2, -0.15) is 18.3 Å². The van der Waals surface area contributed by atoms with Gasteiger partial charge in [0.15, 0.2) is 11.6 Å². The molecule has 0 unspecified atom stereocenters. The molecule has 2 aromatic rings. The lowest BCUT2D eigenvalue weighted by molar-refractivity contribution is -0.142. The zero-order valence-corrected chi connectivity index (χ0v) is 14.6.